The van der Waals surface area contributed by atoms with Crippen LogP contribution in [0.2, 0.25) is 0 Å². The third-order valence-electron chi connectivity index (χ3n) is 3.58. The first-order valence-electron chi connectivity index (χ1n) is 6.84. The van der Waals surface area contributed by atoms with Gasteiger partial charge in [0.05, 0.1) is 16.8 Å². The number of benzene rings is 2. The number of aromatic hydroxyl groups is 2. The Balaban J connectivity index is 2.04. The van der Waals surface area contributed by atoms with Crippen LogP contribution < -0.4 is 0 Å². The van der Waals surface area contributed by atoms with Crippen LogP contribution in [-0.4, -0.2) is 20.3 Å². The molecular formula is C18H15NO3. The van der Waals surface area contributed by atoms with Crippen LogP contribution in [0.25, 0.3) is 22.7 Å². The van der Waals surface area contributed by atoms with Crippen LogP contribution in [-0.2, 0) is 0 Å². The lowest BCUT2D eigenvalue weighted by atomic mass is 10.1. The van der Waals surface area contributed by atoms with Crippen molar-refractivity contribution in [1.29, 1.82) is 0 Å². The summed E-state index contributed by atoms with van der Waals surface area (Å²) in [5, 5.41) is 30.8. The number of phenolic OH excluding ortho intramolecular Hbond substituents is 2. The first kappa shape index (κ1) is 13.9. The van der Waals surface area contributed by atoms with E-state index in [0.717, 1.165) is 10.9 Å². The molecule has 1 heterocycles. The molecule has 0 aliphatic carbocycles. The molecule has 3 rings (SSSR count). The molecule has 1 aromatic heterocycles. The zero-order valence-electron chi connectivity index (χ0n) is 12.0. The van der Waals surface area contributed by atoms with Gasteiger partial charge in [-0.25, -0.2) is 4.98 Å². The number of aliphatic hydroxyl groups excluding tert-OH is 1. The highest BCUT2D eigenvalue weighted by molar-refractivity contribution is 5.83. The van der Waals surface area contributed by atoms with E-state index in [2.05, 4.69) is 4.98 Å². The number of para-hydroxylation sites is 1. The van der Waals surface area contributed by atoms with Gasteiger partial charge in [-0.1, -0.05) is 24.3 Å². The fraction of sp³-hybridized carbons (Fsp3) is 0.0556. The number of fused-ring (bicyclic) bond motifs is 1. The molecule has 22 heavy (non-hydrogen) atoms. The molecule has 0 atom stereocenters. The van der Waals surface area contributed by atoms with Crippen molar-refractivity contribution in [2.24, 2.45) is 0 Å². The van der Waals surface area contributed by atoms with Crippen LogP contribution in [0.1, 0.15) is 16.8 Å². The van der Waals surface area contributed by atoms with Crippen molar-refractivity contribution in [1.82, 2.24) is 4.98 Å². The Hall–Kier alpha value is -3.01. The largest absolute Gasteiger partial charge is 0.508 e. The average Bonchev–Trinajstić information content (AvgIpc) is 2.52. The quantitative estimate of drug-likeness (QED) is 0.624. The lowest BCUT2D eigenvalue weighted by molar-refractivity contribution is 0.436. The van der Waals surface area contributed by atoms with Gasteiger partial charge in [-0.15, -0.1) is 0 Å². The molecule has 0 saturated heterocycles. The third-order valence-corrected chi connectivity index (χ3v) is 3.58. The van der Waals surface area contributed by atoms with E-state index >= 15 is 0 Å². The predicted molar refractivity (Wildman–Crippen MR) is 86.8 cm³/mol. The van der Waals surface area contributed by atoms with Gasteiger partial charge < -0.3 is 15.3 Å². The van der Waals surface area contributed by atoms with Gasteiger partial charge in [-0.3, -0.25) is 0 Å². The summed E-state index contributed by atoms with van der Waals surface area (Å²) in [6.45, 7) is 1.58. The number of pyridine rings is 1. The van der Waals surface area contributed by atoms with Crippen molar-refractivity contribution in [3.63, 3.8) is 0 Å². The molecule has 3 aromatic rings. The second-order valence-electron chi connectivity index (χ2n) is 5.06. The summed E-state index contributed by atoms with van der Waals surface area (Å²) in [6.07, 6.45) is 1.48. The zero-order chi connectivity index (χ0) is 15.7. The van der Waals surface area contributed by atoms with Gasteiger partial charge in [0.2, 0.25) is 0 Å². The normalized spacial score (nSPS) is 11.8. The Morgan fingerprint density at radius 1 is 1.00 bits per heavy atom. The van der Waals surface area contributed by atoms with E-state index in [4.69, 9.17) is 0 Å². The molecule has 0 amide bonds. The number of hydrogen-bond donors (Lipinski definition) is 3. The van der Waals surface area contributed by atoms with Crippen LogP contribution in [0.4, 0.5) is 0 Å². The number of phenols is 2. The van der Waals surface area contributed by atoms with Gasteiger partial charge in [0.1, 0.15) is 17.3 Å². The maximum Gasteiger partial charge on any atom is 0.133 e. The molecular weight excluding hydrogens is 278 g/mol. The van der Waals surface area contributed by atoms with Gasteiger partial charge >= 0.3 is 0 Å². The van der Waals surface area contributed by atoms with E-state index in [1.54, 1.807) is 13.0 Å². The molecule has 0 aliphatic heterocycles. The van der Waals surface area contributed by atoms with E-state index in [-0.39, 0.29) is 22.8 Å². The Morgan fingerprint density at radius 2 is 1.77 bits per heavy atom. The van der Waals surface area contributed by atoms with Crippen LogP contribution in [0.15, 0.2) is 48.5 Å². The highest BCUT2D eigenvalue weighted by Gasteiger charge is 2.11. The molecule has 0 spiro atoms. The van der Waals surface area contributed by atoms with Crippen molar-refractivity contribution in [2.75, 3.05) is 0 Å². The summed E-state index contributed by atoms with van der Waals surface area (Å²) >= 11 is 0. The highest BCUT2D eigenvalue weighted by atomic mass is 16.3. The fourth-order valence-electron chi connectivity index (χ4n) is 2.28. The summed E-state index contributed by atoms with van der Waals surface area (Å²) in [6, 6.07) is 14.3. The molecule has 0 bridgehead atoms. The van der Waals surface area contributed by atoms with Gasteiger partial charge in [0.15, 0.2) is 0 Å². The molecule has 0 aliphatic rings. The Morgan fingerprint density at radius 3 is 2.59 bits per heavy atom. The first-order chi connectivity index (χ1) is 10.6. The summed E-state index contributed by atoms with van der Waals surface area (Å²) in [5.41, 5.74) is 1.99. The Labute approximate surface area is 127 Å². The van der Waals surface area contributed by atoms with Crippen molar-refractivity contribution in [3.8, 4) is 11.5 Å². The number of rotatable bonds is 2. The predicted octanol–water partition coefficient (Wildman–Crippen LogP) is 4.01. The molecule has 0 unspecified atom stereocenters. The zero-order valence-corrected chi connectivity index (χ0v) is 12.0. The van der Waals surface area contributed by atoms with Crippen molar-refractivity contribution >= 4 is 22.7 Å². The Kier molecular flexibility index (Phi) is 3.43. The maximum atomic E-state index is 10.2. The fourth-order valence-corrected chi connectivity index (χ4v) is 2.28. The minimum Gasteiger partial charge on any atom is -0.508 e. The van der Waals surface area contributed by atoms with Crippen LogP contribution in [0.5, 0.6) is 11.5 Å². The van der Waals surface area contributed by atoms with Crippen LogP contribution in [0, 0.1) is 6.92 Å². The standard InChI is InChI=1S/C18H15NO3/c1-11-16(20)9-8-14(18(11)22)17(21)10-13-7-6-12-4-2-3-5-15(12)19-13/h2-10,20-22H,1H3/b17-10-. The molecule has 0 fully saturated rings. The van der Waals surface area contributed by atoms with Crippen LogP contribution in [0.3, 0.4) is 0 Å². The molecule has 0 radical (unpaired) electrons. The maximum absolute atomic E-state index is 10.2. The number of hydrogen-bond acceptors (Lipinski definition) is 4. The van der Waals surface area contributed by atoms with Gasteiger partial charge in [-0.2, -0.15) is 0 Å². The molecule has 110 valence electrons. The molecule has 2 aromatic carbocycles. The van der Waals surface area contributed by atoms with Gasteiger partial charge in [0, 0.05) is 17.0 Å². The van der Waals surface area contributed by atoms with E-state index in [1.807, 2.05) is 30.3 Å². The summed E-state index contributed by atoms with van der Waals surface area (Å²) in [5.74, 6) is -0.268. The topological polar surface area (TPSA) is 73.6 Å². The van der Waals surface area contributed by atoms with E-state index in [1.165, 1.54) is 18.2 Å². The Bertz CT molecular complexity index is 885. The molecule has 3 N–H and O–H groups in total. The molecule has 0 saturated carbocycles. The SMILES string of the molecule is Cc1c(O)ccc(/C(O)=C/c2ccc3ccccc3n2)c1O. The van der Waals surface area contributed by atoms with Crippen LogP contribution >= 0.6 is 0 Å². The summed E-state index contributed by atoms with van der Waals surface area (Å²) < 4.78 is 0. The van der Waals surface area contributed by atoms with E-state index < -0.39 is 0 Å². The van der Waals surface area contributed by atoms with Gasteiger partial charge in [-0.05, 0) is 31.2 Å². The average molecular weight is 293 g/mol. The van der Waals surface area contributed by atoms with Crippen molar-refractivity contribution in [2.45, 2.75) is 6.92 Å². The smallest absolute Gasteiger partial charge is 0.133 e. The second kappa shape index (κ2) is 5.41. The molecule has 4 nitrogen and oxygen atoms in total. The van der Waals surface area contributed by atoms with Crippen molar-refractivity contribution < 1.29 is 15.3 Å². The highest BCUT2D eigenvalue weighted by Crippen LogP contribution is 2.33. The number of aliphatic hydroxyl groups is 1. The van der Waals surface area contributed by atoms with Gasteiger partial charge in [0.25, 0.3) is 0 Å². The number of nitrogens with zero attached hydrogens (tertiary/aromatic N) is 1. The number of aromatic nitrogens is 1. The minimum atomic E-state index is -0.144. The van der Waals surface area contributed by atoms with E-state index in [9.17, 15) is 15.3 Å². The van der Waals surface area contributed by atoms with Crippen molar-refractivity contribution in [3.05, 3.63) is 65.4 Å². The lowest BCUT2D eigenvalue weighted by Crippen LogP contribution is -1.89. The third kappa shape index (κ3) is 2.46. The monoisotopic (exact) mass is 293 g/mol. The lowest BCUT2D eigenvalue weighted by Gasteiger charge is -2.08. The first-order valence-corrected chi connectivity index (χ1v) is 6.84. The minimum absolute atomic E-state index is 0.0159. The molecule has 4 heteroatoms. The summed E-state index contributed by atoms with van der Waals surface area (Å²) in [4.78, 5) is 4.44. The summed E-state index contributed by atoms with van der Waals surface area (Å²) in [7, 11) is 0. The van der Waals surface area contributed by atoms with E-state index in [0.29, 0.717) is 11.3 Å². The second-order valence-corrected chi connectivity index (χ2v) is 5.06.